The summed E-state index contributed by atoms with van der Waals surface area (Å²) < 4.78 is 30.7. The molecule has 0 bridgehead atoms. The minimum Gasteiger partial charge on any atom is -0.434 e. The van der Waals surface area contributed by atoms with Crippen LogP contribution in [-0.4, -0.2) is 37.1 Å². The van der Waals surface area contributed by atoms with Gasteiger partial charge in [0, 0.05) is 33.9 Å². The first-order valence-electron chi connectivity index (χ1n) is 9.27. The molecule has 2 aromatic rings. The highest BCUT2D eigenvalue weighted by molar-refractivity contribution is 9.10. The van der Waals surface area contributed by atoms with Gasteiger partial charge in [-0.1, -0.05) is 22.0 Å². The van der Waals surface area contributed by atoms with Crippen LogP contribution >= 0.6 is 27.3 Å². The summed E-state index contributed by atoms with van der Waals surface area (Å²) in [5.41, 5.74) is 0.716. The third-order valence-corrected chi connectivity index (χ3v) is 6.27. The number of thiophene rings is 1. The van der Waals surface area contributed by atoms with Crippen LogP contribution in [0.3, 0.4) is 0 Å². The molecule has 0 radical (unpaired) electrons. The highest BCUT2D eigenvalue weighted by atomic mass is 79.9. The fourth-order valence-electron chi connectivity index (χ4n) is 3.38. The number of hydrogen-bond donors (Lipinski definition) is 1. The van der Waals surface area contributed by atoms with Crippen LogP contribution < -0.4 is 10.1 Å². The lowest BCUT2D eigenvalue weighted by Crippen LogP contribution is -2.40. The molecule has 1 amide bonds. The molecular weight excluding hydrogens is 450 g/mol. The van der Waals surface area contributed by atoms with Gasteiger partial charge in [-0.15, -0.1) is 11.3 Å². The van der Waals surface area contributed by atoms with Crippen LogP contribution in [-0.2, 0) is 17.8 Å². The van der Waals surface area contributed by atoms with E-state index in [4.69, 9.17) is 0 Å². The van der Waals surface area contributed by atoms with Crippen molar-refractivity contribution in [2.75, 3.05) is 19.6 Å². The maximum atomic E-state index is 12.6. The third-order valence-electron chi connectivity index (χ3n) is 4.84. The van der Waals surface area contributed by atoms with Crippen LogP contribution in [0.15, 0.2) is 40.2 Å². The van der Waals surface area contributed by atoms with Gasteiger partial charge in [0.1, 0.15) is 5.75 Å². The van der Waals surface area contributed by atoms with Crippen molar-refractivity contribution in [1.29, 1.82) is 0 Å². The van der Waals surface area contributed by atoms with Crippen molar-refractivity contribution >= 4 is 33.2 Å². The molecule has 0 spiro atoms. The molecule has 0 saturated carbocycles. The van der Waals surface area contributed by atoms with Crippen LogP contribution in [0.5, 0.6) is 5.75 Å². The van der Waals surface area contributed by atoms with Crippen LogP contribution in [0, 0.1) is 5.92 Å². The summed E-state index contributed by atoms with van der Waals surface area (Å²) in [4.78, 5) is 15.8. The number of carbonyl (C=O) groups excluding carboxylic acids is 1. The second kappa shape index (κ2) is 10.3. The van der Waals surface area contributed by atoms with Crippen molar-refractivity contribution < 1.29 is 18.3 Å². The van der Waals surface area contributed by atoms with Crippen molar-refractivity contribution in [3.8, 4) is 5.75 Å². The second-order valence-electron chi connectivity index (χ2n) is 6.80. The molecule has 0 atom stereocenters. The minimum atomic E-state index is -2.84. The molecule has 0 unspecified atom stereocenters. The Bertz CT molecular complexity index is 766. The summed E-state index contributed by atoms with van der Waals surface area (Å²) >= 11 is 5.08. The maximum Gasteiger partial charge on any atom is 0.387 e. The molecule has 1 aliphatic rings. The Balaban J connectivity index is 1.46. The predicted molar refractivity (Wildman–Crippen MR) is 110 cm³/mol. The number of nitrogens with zero attached hydrogens (tertiary/aromatic N) is 1. The van der Waals surface area contributed by atoms with Crippen molar-refractivity contribution in [1.82, 2.24) is 10.2 Å². The fourth-order valence-corrected chi connectivity index (χ4v) is 4.50. The van der Waals surface area contributed by atoms with Gasteiger partial charge in [-0.25, -0.2) is 0 Å². The van der Waals surface area contributed by atoms with E-state index in [1.807, 2.05) is 11.4 Å². The normalized spacial score (nSPS) is 15.7. The van der Waals surface area contributed by atoms with E-state index >= 15 is 0 Å². The Morgan fingerprint density at radius 3 is 2.79 bits per heavy atom. The predicted octanol–water partition coefficient (Wildman–Crippen LogP) is 4.68. The van der Waals surface area contributed by atoms with Gasteiger partial charge < -0.3 is 10.1 Å². The number of carbonyl (C=O) groups is 1. The van der Waals surface area contributed by atoms with Gasteiger partial charge in [-0.05, 0) is 62.0 Å². The topological polar surface area (TPSA) is 41.6 Å². The molecular formula is C20H23BrF2N2O2S. The monoisotopic (exact) mass is 472 g/mol. The number of rotatable bonds is 8. The lowest BCUT2D eigenvalue weighted by Gasteiger charge is -2.31. The molecule has 1 N–H and O–H groups in total. The van der Waals surface area contributed by atoms with Crippen LogP contribution in [0.4, 0.5) is 8.78 Å². The minimum absolute atomic E-state index is 0.0129. The van der Waals surface area contributed by atoms with Crippen LogP contribution in [0.1, 0.15) is 23.3 Å². The molecule has 2 heterocycles. The number of halogens is 3. The zero-order chi connectivity index (χ0) is 19.9. The van der Waals surface area contributed by atoms with Crippen LogP contribution in [0.2, 0.25) is 0 Å². The summed E-state index contributed by atoms with van der Waals surface area (Å²) in [6.07, 6.45) is 2.39. The number of hydrogen-bond acceptors (Lipinski definition) is 4. The third kappa shape index (κ3) is 6.25. The standard InChI is InChI=1S/C20H23BrF2N2O2S/c21-16-3-4-18(27-20(22)23)15(12-16)13-25-9-6-14(7-10-25)19(26)24-8-5-17-2-1-11-28-17/h1-4,11-12,14,20H,5-10,13H2,(H,24,26). The maximum absolute atomic E-state index is 12.6. The average Bonchev–Trinajstić information content (AvgIpc) is 3.18. The van der Waals surface area contributed by atoms with E-state index in [9.17, 15) is 13.6 Å². The number of likely N-dealkylation sites (tertiary alicyclic amines) is 1. The first kappa shape index (κ1) is 21.2. The Morgan fingerprint density at radius 2 is 2.11 bits per heavy atom. The van der Waals surface area contributed by atoms with E-state index in [0.29, 0.717) is 18.7 Å². The van der Waals surface area contributed by atoms with E-state index in [2.05, 4.69) is 36.9 Å². The fraction of sp³-hybridized carbons (Fsp3) is 0.450. The molecule has 8 heteroatoms. The summed E-state index contributed by atoms with van der Waals surface area (Å²) in [5, 5.41) is 5.07. The number of benzene rings is 1. The number of piperidine rings is 1. The average molecular weight is 473 g/mol. The summed E-state index contributed by atoms with van der Waals surface area (Å²) in [6.45, 7) is -0.156. The molecule has 1 saturated heterocycles. The molecule has 1 fully saturated rings. The summed E-state index contributed by atoms with van der Waals surface area (Å²) in [6, 6.07) is 9.14. The van der Waals surface area contributed by atoms with E-state index in [1.54, 1.807) is 29.5 Å². The van der Waals surface area contributed by atoms with Crippen molar-refractivity contribution in [3.05, 3.63) is 50.6 Å². The summed E-state index contributed by atoms with van der Waals surface area (Å²) in [5.74, 6) is 0.325. The number of alkyl halides is 2. The van der Waals surface area contributed by atoms with Gasteiger partial charge >= 0.3 is 6.61 Å². The highest BCUT2D eigenvalue weighted by Crippen LogP contribution is 2.28. The molecule has 28 heavy (non-hydrogen) atoms. The second-order valence-corrected chi connectivity index (χ2v) is 8.75. The largest absolute Gasteiger partial charge is 0.434 e. The molecule has 1 aromatic heterocycles. The van der Waals surface area contributed by atoms with Gasteiger partial charge in [0.2, 0.25) is 5.91 Å². The zero-order valence-corrected chi connectivity index (χ0v) is 17.8. The van der Waals surface area contributed by atoms with Gasteiger partial charge in [0.05, 0.1) is 0 Å². The molecule has 1 aromatic carbocycles. The van der Waals surface area contributed by atoms with Gasteiger partial charge in [0.25, 0.3) is 0 Å². The van der Waals surface area contributed by atoms with E-state index in [-0.39, 0.29) is 17.6 Å². The smallest absolute Gasteiger partial charge is 0.387 e. The Hall–Kier alpha value is -1.51. The number of nitrogens with one attached hydrogen (secondary N) is 1. The number of ether oxygens (including phenoxy) is 1. The lowest BCUT2D eigenvalue weighted by atomic mass is 9.95. The van der Waals surface area contributed by atoms with E-state index in [1.165, 1.54) is 4.88 Å². The van der Waals surface area contributed by atoms with E-state index in [0.717, 1.165) is 36.8 Å². The quantitative estimate of drug-likeness (QED) is 0.606. The van der Waals surface area contributed by atoms with Gasteiger partial charge in [-0.2, -0.15) is 8.78 Å². The van der Waals surface area contributed by atoms with E-state index < -0.39 is 6.61 Å². The first-order valence-corrected chi connectivity index (χ1v) is 10.9. The molecule has 4 nitrogen and oxygen atoms in total. The van der Waals surface area contributed by atoms with Crippen LogP contribution in [0.25, 0.3) is 0 Å². The van der Waals surface area contributed by atoms with Gasteiger partial charge in [0.15, 0.2) is 0 Å². The molecule has 152 valence electrons. The Morgan fingerprint density at radius 1 is 1.32 bits per heavy atom. The van der Waals surface area contributed by atoms with Crippen molar-refractivity contribution in [2.24, 2.45) is 5.92 Å². The summed E-state index contributed by atoms with van der Waals surface area (Å²) in [7, 11) is 0. The Kier molecular flexibility index (Phi) is 7.82. The molecule has 1 aliphatic heterocycles. The SMILES string of the molecule is O=C(NCCc1cccs1)C1CCN(Cc2cc(Br)ccc2OC(F)F)CC1. The lowest BCUT2D eigenvalue weighted by molar-refractivity contribution is -0.126. The zero-order valence-electron chi connectivity index (χ0n) is 15.4. The molecule has 3 rings (SSSR count). The number of amides is 1. The van der Waals surface area contributed by atoms with Crippen molar-refractivity contribution in [2.45, 2.75) is 32.4 Å². The molecule has 0 aliphatic carbocycles. The van der Waals surface area contributed by atoms with Gasteiger partial charge in [-0.3, -0.25) is 9.69 Å². The van der Waals surface area contributed by atoms with Crippen molar-refractivity contribution in [3.63, 3.8) is 0 Å². The highest BCUT2D eigenvalue weighted by Gasteiger charge is 2.25. The first-order chi connectivity index (χ1) is 13.5. The Labute approximate surface area is 176 Å².